The van der Waals surface area contributed by atoms with Crippen molar-refractivity contribution in [3.05, 3.63) is 21.3 Å². The van der Waals surface area contributed by atoms with Crippen LogP contribution in [0.15, 0.2) is 12.1 Å². The van der Waals surface area contributed by atoms with E-state index in [4.69, 9.17) is 11.6 Å². The van der Waals surface area contributed by atoms with Crippen LogP contribution >= 0.6 is 22.9 Å². The van der Waals surface area contributed by atoms with Gasteiger partial charge in [0.25, 0.3) is 0 Å². The Morgan fingerprint density at radius 1 is 1.45 bits per heavy atom. The number of nitrogens with one attached hydrogen (secondary N) is 1. The third kappa shape index (κ3) is 5.60. The quantitative estimate of drug-likeness (QED) is 0.850. The lowest BCUT2D eigenvalue weighted by atomic mass is 10.3. The van der Waals surface area contributed by atoms with Gasteiger partial charge < -0.3 is 10.2 Å². The van der Waals surface area contributed by atoms with Gasteiger partial charge >= 0.3 is 0 Å². The Balaban J connectivity index is 2.42. The van der Waals surface area contributed by atoms with Crippen molar-refractivity contribution < 1.29 is 13.8 Å². The van der Waals surface area contributed by atoms with Crippen LogP contribution in [-0.4, -0.2) is 46.8 Å². The molecule has 1 rings (SSSR count). The van der Waals surface area contributed by atoms with E-state index in [0.29, 0.717) is 10.1 Å². The molecule has 0 saturated carbocycles. The molecule has 0 fully saturated rings. The highest BCUT2D eigenvalue weighted by molar-refractivity contribution is 7.85. The van der Waals surface area contributed by atoms with Gasteiger partial charge in [0.2, 0.25) is 11.8 Å². The number of hydrogen-bond donors (Lipinski definition) is 1. The first kappa shape index (κ1) is 17.1. The molecule has 2 atom stereocenters. The van der Waals surface area contributed by atoms with Crippen LogP contribution in [0.2, 0.25) is 4.34 Å². The zero-order chi connectivity index (χ0) is 15.3. The molecule has 1 N–H and O–H groups in total. The number of amides is 2. The molecule has 112 valence electrons. The maximum atomic E-state index is 11.8. The minimum atomic E-state index is -1.31. The van der Waals surface area contributed by atoms with Crippen LogP contribution in [0.3, 0.4) is 0 Å². The summed E-state index contributed by atoms with van der Waals surface area (Å²) in [5.41, 5.74) is 0. The molecule has 1 aromatic heterocycles. The fraction of sp³-hybridized carbons (Fsp3) is 0.500. The molecule has 1 heterocycles. The lowest BCUT2D eigenvalue weighted by molar-refractivity contribution is -0.133. The summed E-state index contributed by atoms with van der Waals surface area (Å²) in [5.74, 6) is -0.427. The summed E-state index contributed by atoms with van der Waals surface area (Å²) in [4.78, 5) is 25.5. The van der Waals surface area contributed by atoms with E-state index >= 15 is 0 Å². The first-order valence-corrected chi connectivity index (χ1v) is 8.57. The molecule has 0 radical (unpaired) electrons. The Hall–Kier alpha value is -0.920. The van der Waals surface area contributed by atoms with Crippen LogP contribution in [0.1, 0.15) is 11.8 Å². The molecule has 1 aromatic rings. The number of thiophene rings is 1. The molecule has 2 amide bonds. The number of carbonyl (C=O) groups is 2. The second-order valence-corrected chi connectivity index (χ2v) is 7.71. The van der Waals surface area contributed by atoms with Crippen LogP contribution in [0, 0.1) is 0 Å². The molecule has 0 aliphatic heterocycles. The smallest absolute Gasteiger partial charge is 0.244 e. The van der Waals surface area contributed by atoms with Crippen LogP contribution in [0.25, 0.3) is 0 Å². The van der Waals surface area contributed by atoms with Crippen molar-refractivity contribution in [2.45, 2.75) is 18.7 Å². The van der Waals surface area contributed by atoms with Crippen molar-refractivity contribution in [2.24, 2.45) is 0 Å². The lowest BCUT2D eigenvalue weighted by Gasteiger charge is -2.17. The molecular formula is C12H17ClN2O3S2. The van der Waals surface area contributed by atoms with Crippen LogP contribution in [-0.2, 0) is 26.1 Å². The van der Waals surface area contributed by atoms with E-state index in [2.05, 4.69) is 5.32 Å². The molecular weight excluding hydrogens is 320 g/mol. The summed E-state index contributed by atoms with van der Waals surface area (Å²) in [6, 6.07) is 2.91. The maximum absolute atomic E-state index is 11.8. The van der Waals surface area contributed by atoms with Gasteiger partial charge in [0.1, 0.15) is 11.8 Å². The van der Waals surface area contributed by atoms with Gasteiger partial charge in [-0.1, -0.05) is 11.6 Å². The third-order valence-electron chi connectivity index (χ3n) is 2.41. The number of nitrogens with zero attached hydrogens (tertiary/aromatic N) is 1. The molecule has 0 aromatic carbocycles. The Bertz CT molecular complexity index is 517. The predicted octanol–water partition coefficient (Wildman–Crippen LogP) is 1.24. The molecule has 8 heteroatoms. The zero-order valence-corrected chi connectivity index (χ0v) is 13.9. The number of halogens is 1. The molecule has 5 nitrogen and oxygen atoms in total. The molecule has 0 spiro atoms. The topological polar surface area (TPSA) is 66.5 Å². The van der Waals surface area contributed by atoms with Crippen molar-refractivity contribution >= 4 is 45.6 Å². The Kier molecular flexibility index (Phi) is 6.64. The first-order chi connectivity index (χ1) is 9.29. The zero-order valence-electron chi connectivity index (χ0n) is 11.5. The molecule has 0 aliphatic carbocycles. The van der Waals surface area contributed by atoms with Gasteiger partial charge in [-0.2, -0.15) is 0 Å². The summed E-state index contributed by atoms with van der Waals surface area (Å²) >= 11 is 7.13. The van der Waals surface area contributed by atoms with Crippen LogP contribution in [0.4, 0.5) is 0 Å². The highest BCUT2D eigenvalue weighted by atomic mass is 35.5. The second-order valence-electron chi connectivity index (χ2n) is 4.46. The van der Waals surface area contributed by atoms with Gasteiger partial charge in [0.05, 0.1) is 10.1 Å². The maximum Gasteiger partial charge on any atom is 0.244 e. The van der Waals surface area contributed by atoms with E-state index < -0.39 is 22.7 Å². The monoisotopic (exact) mass is 336 g/mol. The van der Waals surface area contributed by atoms with E-state index in [1.54, 1.807) is 33.2 Å². The third-order valence-corrected chi connectivity index (χ3v) is 5.04. The average molecular weight is 337 g/mol. The Morgan fingerprint density at radius 2 is 2.10 bits per heavy atom. The fourth-order valence-corrected chi connectivity index (χ4v) is 3.92. The van der Waals surface area contributed by atoms with Crippen molar-refractivity contribution in [1.82, 2.24) is 10.2 Å². The summed E-state index contributed by atoms with van der Waals surface area (Å²) in [7, 11) is 1.92. The number of carbonyl (C=O) groups excluding carboxylic acids is 2. The van der Waals surface area contributed by atoms with E-state index in [1.165, 1.54) is 16.2 Å². The standard InChI is InChI=1S/C12H17ClN2O3S2/c1-8(12(17)15(2)3)14-11(16)7-20(18)6-9-4-5-10(13)19-9/h4-5,8H,6-7H2,1-3H3,(H,14,16)/t8-,20+/m0/s1. The Morgan fingerprint density at radius 3 is 2.60 bits per heavy atom. The number of hydrogen-bond acceptors (Lipinski definition) is 4. The summed E-state index contributed by atoms with van der Waals surface area (Å²) in [6.07, 6.45) is 0. The van der Waals surface area contributed by atoms with Gasteiger partial charge in [0, 0.05) is 29.8 Å². The predicted molar refractivity (Wildman–Crippen MR) is 82.3 cm³/mol. The number of rotatable bonds is 6. The normalized spacial score (nSPS) is 13.6. The molecule has 0 unspecified atom stereocenters. The molecule has 0 saturated heterocycles. The SMILES string of the molecule is C[C@H](NC(=O)C[S@](=O)Cc1ccc(Cl)s1)C(=O)N(C)C. The minimum absolute atomic E-state index is 0.124. The number of likely N-dealkylation sites (N-methyl/N-ethyl adjacent to an activating group) is 1. The van der Waals surface area contributed by atoms with Crippen molar-refractivity contribution in [1.29, 1.82) is 0 Å². The fourth-order valence-electron chi connectivity index (χ4n) is 1.52. The lowest BCUT2D eigenvalue weighted by Crippen LogP contribution is -2.45. The molecule has 20 heavy (non-hydrogen) atoms. The second kappa shape index (κ2) is 7.75. The van der Waals surface area contributed by atoms with Gasteiger partial charge in [-0.15, -0.1) is 11.3 Å². The van der Waals surface area contributed by atoms with E-state index in [0.717, 1.165) is 4.88 Å². The van der Waals surface area contributed by atoms with Crippen molar-refractivity contribution in [3.8, 4) is 0 Å². The van der Waals surface area contributed by atoms with E-state index in [1.807, 2.05) is 0 Å². The average Bonchev–Trinajstić information content (AvgIpc) is 2.72. The van der Waals surface area contributed by atoms with Crippen LogP contribution < -0.4 is 5.32 Å². The van der Waals surface area contributed by atoms with Crippen molar-refractivity contribution in [2.75, 3.05) is 19.8 Å². The van der Waals surface area contributed by atoms with E-state index in [-0.39, 0.29) is 11.7 Å². The highest BCUT2D eigenvalue weighted by Crippen LogP contribution is 2.22. The van der Waals surface area contributed by atoms with E-state index in [9.17, 15) is 13.8 Å². The van der Waals surface area contributed by atoms with Gasteiger partial charge in [0.15, 0.2) is 0 Å². The Labute approximate surface area is 129 Å². The summed E-state index contributed by atoms with van der Waals surface area (Å²) in [6.45, 7) is 1.60. The van der Waals surface area contributed by atoms with Gasteiger partial charge in [-0.3, -0.25) is 13.8 Å². The molecule has 0 aliphatic rings. The summed E-state index contributed by atoms with van der Waals surface area (Å²) in [5, 5.41) is 2.54. The first-order valence-electron chi connectivity index (χ1n) is 5.89. The highest BCUT2D eigenvalue weighted by Gasteiger charge is 2.18. The van der Waals surface area contributed by atoms with Gasteiger partial charge in [-0.05, 0) is 19.1 Å². The molecule has 0 bridgehead atoms. The largest absolute Gasteiger partial charge is 0.347 e. The van der Waals surface area contributed by atoms with Crippen LogP contribution in [0.5, 0.6) is 0 Å². The van der Waals surface area contributed by atoms with Crippen molar-refractivity contribution in [3.63, 3.8) is 0 Å². The minimum Gasteiger partial charge on any atom is -0.347 e. The summed E-state index contributed by atoms with van der Waals surface area (Å²) < 4.78 is 12.5. The van der Waals surface area contributed by atoms with Gasteiger partial charge in [-0.25, -0.2) is 0 Å².